The summed E-state index contributed by atoms with van der Waals surface area (Å²) in [5.41, 5.74) is 5.88. The molecule has 2 fully saturated rings. The van der Waals surface area contributed by atoms with Crippen molar-refractivity contribution in [1.82, 2.24) is 4.90 Å². The van der Waals surface area contributed by atoms with Crippen LogP contribution in [0.5, 0.6) is 0 Å². The van der Waals surface area contributed by atoms with E-state index in [0.29, 0.717) is 17.9 Å². The fraction of sp³-hybridized carbons (Fsp3) is 0.929. The Morgan fingerprint density at radius 1 is 1.17 bits per heavy atom. The second-order valence-corrected chi connectivity index (χ2v) is 5.89. The molecule has 0 aromatic carbocycles. The predicted octanol–water partition coefficient (Wildman–Crippen LogP) is 1.39. The molecule has 2 rings (SSSR count). The van der Waals surface area contributed by atoms with Crippen molar-refractivity contribution in [2.45, 2.75) is 44.6 Å². The molecule has 0 aromatic heterocycles. The summed E-state index contributed by atoms with van der Waals surface area (Å²) in [6, 6.07) is 0.315. The lowest BCUT2D eigenvalue weighted by molar-refractivity contribution is -0.136. The Kier molecular flexibility index (Phi) is 5.01. The van der Waals surface area contributed by atoms with Crippen LogP contribution in [0.3, 0.4) is 0 Å². The Bertz CT molecular complexity index is 269. The molecule has 0 spiro atoms. The fourth-order valence-corrected chi connectivity index (χ4v) is 3.08. The van der Waals surface area contributed by atoms with Crippen LogP contribution in [0.4, 0.5) is 0 Å². The Balaban J connectivity index is 1.77. The van der Waals surface area contributed by atoms with Gasteiger partial charge < -0.3 is 15.4 Å². The van der Waals surface area contributed by atoms with Gasteiger partial charge in [0.05, 0.1) is 0 Å². The van der Waals surface area contributed by atoms with E-state index in [0.717, 1.165) is 58.3 Å². The minimum atomic E-state index is 0.217. The van der Waals surface area contributed by atoms with Crippen LogP contribution in [0.15, 0.2) is 0 Å². The van der Waals surface area contributed by atoms with Gasteiger partial charge in [0.25, 0.3) is 0 Å². The molecule has 1 aliphatic carbocycles. The lowest BCUT2D eigenvalue weighted by Gasteiger charge is -2.32. The summed E-state index contributed by atoms with van der Waals surface area (Å²) < 4.78 is 5.35. The summed E-state index contributed by atoms with van der Waals surface area (Å²) in [7, 11) is 1.95. The molecule has 4 heteroatoms. The molecule has 1 heterocycles. The van der Waals surface area contributed by atoms with Crippen molar-refractivity contribution in [1.29, 1.82) is 0 Å². The van der Waals surface area contributed by atoms with E-state index in [9.17, 15) is 4.79 Å². The molecule has 2 N–H and O–H groups in total. The summed E-state index contributed by atoms with van der Waals surface area (Å²) in [5.74, 6) is 1.17. The van der Waals surface area contributed by atoms with Crippen LogP contribution >= 0.6 is 0 Å². The van der Waals surface area contributed by atoms with E-state index in [4.69, 9.17) is 10.5 Å². The molecule has 2 aliphatic rings. The highest BCUT2D eigenvalue weighted by Crippen LogP contribution is 2.25. The summed E-state index contributed by atoms with van der Waals surface area (Å²) >= 11 is 0. The number of amides is 1. The average molecular weight is 254 g/mol. The highest BCUT2D eigenvalue weighted by atomic mass is 16.5. The first-order valence-corrected chi connectivity index (χ1v) is 7.25. The minimum absolute atomic E-state index is 0.217. The second-order valence-electron chi connectivity index (χ2n) is 5.89. The van der Waals surface area contributed by atoms with Gasteiger partial charge >= 0.3 is 0 Å². The molecule has 1 aliphatic heterocycles. The average Bonchev–Trinajstić information content (AvgIpc) is 2.40. The third-order valence-corrected chi connectivity index (χ3v) is 4.37. The Labute approximate surface area is 110 Å². The molecular formula is C14H26N2O2. The van der Waals surface area contributed by atoms with E-state index in [1.54, 1.807) is 0 Å². The van der Waals surface area contributed by atoms with Crippen molar-refractivity contribution in [2.75, 3.05) is 26.8 Å². The molecule has 0 unspecified atom stereocenters. The van der Waals surface area contributed by atoms with Crippen molar-refractivity contribution < 1.29 is 9.53 Å². The van der Waals surface area contributed by atoms with Crippen LogP contribution in [-0.2, 0) is 9.53 Å². The van der Waals surface area contributed by atoms with Gasteiger partial charge in [0.15, 0.2) is 0 Å². The molecule has 18 heavy (non-hydrogen) atoms. The largest absolute Gasteiger partial charge is 0.381 e. The number of ether oxygens (including phenoxy) is 1. The van der Waals surface area contributed by atoms with E-state index >= 15 is 0 Å². The van der Waals surface area contributed by atoms with Gasteiger partial charge in [-0.25, -0.2) is 0 Å². The number of nitrogens with two attached hydrogens (primary N) is 1. The Morgan fingerprint density at radius 2 is 1.78 bits per heavy atom. The van der Waals surface area contributed by atoms with Crippen LogP contribution in [0.1, 0.15) is 38.5 Å². The van der Waals surface area contributed by atoms with Crippen LogP contribution in [0, 0.1) is 11.8 Å². The van der Waals surface area contributed by atoms with Crippen LogP contribution in [0.2, 0.25) is 0 Å². The number of nitrogens with zero attached hydrogens (tertiary/aromatic N) is 1. The number of rotatable bonds is 3. The zero-order valence-electron chi connectivity index (χ0n) is 11.4. The van der Waals surface area contributed by atoms with Crippen molar-refractivity contribution in [3.63, 3.8) is 0 Å². The topological polar surface area (TPSA) is 55.6 Å². The quantitative estimate of drug-likeness (QED) is 0.828. The molecular weight excluding hydrogens is 228 g/mol. The van der Waals surface area contributed by atoms with Crippen molar-refractivity contribution in [3.8, 4) is 0 Å². The van der Waals surface area contributed by atoms with Gasteiger partial charge in [0, 0.05) is 38.8 Å². The predicted molar refractivity (Wildman–Crippen MR) is 71.1 cm³/mol. The van der Waals surface area contributed by atoms with E-state index in [1.165, 1.54) is 0 Å². The van der Waals surface area contributed by atoms with Gasteiger partial charge in [-0.1, -0.05) is 0 Å². The molecule has 4 nitrogen and oxygen atoms in total. The summed E-state index contributed by atoms with van der Waals surface area (Å²) in [4.78, 5) is 14.3. The molecule has 1 saturated carbocycles. The Hall–Kier alpha value is -0.610. The van der Waals surface area contributed by atoms with Gasteiger partial charge in [0.2, 0.25) is 5.91 Å². The molecule has 1 saturated heterocycles. The van der Waals surface area contributed by atoms with Gasteiger partial charge in [-0.15, -0.1) is 0 Å². The van der Waals surface area contributed by atoms with Crippen LogP contribution in [0.25, 0.3) is 0 Å². The summed E-state index contributed by atoms with van der Waals surface area (Å²) in [6.45, 7) is 2.60. The first-order chi connectivity index (χ1) is 8.66. The zero-order chi connectivity index (χ0) is 13.0. The molecule has 0 radical (unpaired) electrons. The summed E-state index contributed by atoms with van der Waals surface area (Å²) in [6.07, 6.45) is 6.12. The van der Waals surface area contributed by atoms with E-state index in [-0.39, 0.29) is 5.92 Å². The molecule has 0 aromatic rings. The molecule has 1 amide bonds. The third kappa shape index (κ3) is 3.69. The summed E-state index contributed by atoms with van der Waals surface area (Å²) in [5, 5.41) is 0. The lowest BCUT2D eigenvalue weighted by Crippen LogP contribution is -2.40. The smallest absolute Gasteiger partial charge is 0.225 e. The number of hydrogen-bond donors (Lipinski definition) is 1. The van der Waals surface area contributed by atoms with Crippen LogP contribution in [-0.4, -0.2) is 43.7 Å². The molecule has 104 valence electrons. The maximum absolute atomic E-state index is 12.3. The SMILES string of the molecule is CN(CC1CCOCC1)C(=O)C1CCC(N)CC1. The third-order valence-electron chi connectivity index (χ3n) is 4.37. The normalized spacial score (nSPS) is 30.1. The monoisotopic (exact) mass is 254 g/mol. The number of hydrogen-bond acceptors (Lipinski definition) is 3. The van der Waals surface area contributed by atoms with E-state index in [2.05, 4.69) is 0 Å². The highest BCUT2D eigenvalue weighted by Gasteiger charge is 2.28. The number of carbonyl (C=O) groups is 1. The second kappa shape index (κ2) is 6.53. The Morgan fingerprint density at radius 3 is 2.39 bits per heavy atom. The first-order valence-electron chi connectivity index (χ1n) is 7.25. The van der Waals surface area contributed by atoms with Gasteiger partial charge in [0.1, 0.15) is 0 Å². The van der Waals surface area contributed by atoms with Gasteiger partial charge in [-0.3, -0.25) is 4.79 Å². The van der Waals surface area contributed by atoms with Crippen molar-refractivity contribution >= 4 is 5.91 Å². The van der Waals surface area contributed by atoms with E-state index in [1.807, 2.05) is 11.9 Å². The fourth-order valence-electron chi connectivity index (χ4n) is 3.08. The van der Waals surface area contributed by atoms with Crippen molar-refractivity contribution in [3.05, 3.63) is 0 Å². The van der Waals surface area contributed by atoms with Crippen molar-refractivity contribution in [2.24, 2.45) is 17.6 Å². The first kappa shape index (κ1) is 13.8. The standard InChI is InChI=1S/C14H26N2O2/c1-16(10-11-6-8-18-9-7-11)14(17)12-2-4-13(15)5-3-12/h11-13H,2-10,15H2,1H3. The van der Waals surface area contributed by atoms with Gasteiger partial charge in [-0.05, 0) is 44.4 Å². The number of carbonyl (C=O) groups excluding carboxylic acids is 1. The maximum atomic E-state index is 12.3. The zero-order valence-corrected chi connectivity index (χ0v) is 11.4. The molecule has 0 bridgehead atoms. The minimum Gasteiger partial charge on any atom is -0.381 e. The highest BCUT2D eigenvalue weighted by molar-refractivity contribution is 5.78. The maximum Gasteiger partial charge on any atom is 0.225 e. The molecule has 0 atom stereocenters. The van der Waals surface area contributed by atoms with Crippen LogP contribution < -0.4 is 5.73 Å². The lowest BCUT2D eigenvalue weighted by atomic mass is 9.85. The van der Waals surface area contributed by atoms with E-state index < -0.39 is 0 Å². The van der Waals surface area contributed by atoms with Gasteiger partial charge in [-0.2, -0.15) is 0 Å².